The second-order valence-electron chi connectivity index (χ2n) is 7.53. The van der Waals surface area contributed by atoms with Gasteiger partial charge in [0.05, 0.1) is 6.54 Å². The van der Waals surface area contributed by atoms with Gasteiger partial charge in [-0.05, 0) is 32.7 Å². The van der Waals surface area contributed by atoms with Crippen LogP contribution in [0.3, 0.4) is 0 Å². The molecule has 3 N–H and O–H groups in total. The summed E-state index contributed by atoms with van der Waals surface area (Å²) < 4.78 is 0. The number of nitrogens with one attached hydrogen (secondary N) is 3. The molecule has 1 fully saturated rings. The van der Waals surface area contributed by atoms with E-state index in [0.717, 1.165) is 38.4 Å². The number of piperidine rings is 1. The van der Waals surface area contributed by atoms with Gasteiger partial charge in [-0.15, -0.1) is 24.0 Å². The van der Waals surface area contributed by atoms with Crippen molar-refractivity contribution >= 4 is 35.8 Å². The molecule has 0 bridgehead atoms. The number of carbonyl (C=O) groups excluding carboxylic acids is 1. The van der Waals surface area contributed by atoms with E-state index in [2.05, 4.69) is 39.7 Å². The lowest BCUT2D eigenvalue weighted by atomic mass is 9.96. The Balaban J connectivity index is 0.00000576. The van der Waals surface area contributed by atoms with E-state index in [1.165, 1.54) is 13.0 Å². The minimum absolute atomic E-state index is 0. The lowest BCUT2D eigenvalue weighted by molar-refractivity contribution is -0.128. The van der Waals surface area contributed by atoms with E-state index < -0.39 is 0 Å². The van der Waals surface area contributed by atoms with Crippen molar-refractivity contribution < 1.29 is 4.79 Å². The van der Waals surface area contributed by atoms with Crippen LogP contribution in [-0.2, 0) is 4.79 Å². The molecule has 148 valence electrons. The van der Waals surface area contributed by atoms with Gasteiger partial charge in [0, 0.05) is 37.6 Å². The number of halogens is 1. The van der Waals surface area contributed by atoms with E-state index in [1.807, 2.05) is 20.8 Å². The van der Waals surface area contributed by atoms with Crippen LogP contribution < -0.4 is 16.0 Å². The van der Waals surface area contributed by atoms with E-state index in [-0.39, 0.29) is 35.3 Å². The number of nitrogens with zero attached hydrogens (tertiary/aromatic N) is 2. The topological polar surface area (TPSA) is 68.8 Å². The number of amides is 1. The maximum absolute atomic E-state index is 11.8. The second kappa shape index (κ2) is 12.7. The van der Waals surface area contributed by atoms with E-state index >= 15 is 0 Å². The average Bonchev–Trinajstić information content (AvgIpc) is 2.52. The standard InChI is InChI=1S/C18H37N5O.HI/c1-6-12-23-13-8-15(9-14-23)22-17(19-7-2)21-11-10-20-16(24)18(3,4)5;/h15H,6-14H2,1-5H3,(H,20,24)(H2,19,21,22);1H. The van der Waals surface area contributed by atoms with Gasteiger partial charge in [0.15, 0.2) is 5.96 Å². The summed E-state index contributed by atoms with van der Waals surface area (Å²) in [5.74, 6) is 0.926. The Morgan fingerprint density at radius 3 is 2.32 bits per heavy atom. The minimum atomic E-state index is -0.348. The summed E-state index contributed by atoms with van der Waals surface area (Å²) in [6, 6.07) is 0.486. The van der Waals surface area contributed by atoms with Crippen LogP contribution in [0.25, 0.3) is 0 Å². The largest absolute Gasteiger partial charge is 0.357 e. The molecule has 0 atom stereocenters. The van der Waals surface area contributed by atoms with Gasteiger partial charge in [-0.2, -0.15) is 0 Å². The molecular formula is C18H38IN5O. The van der Waals surface area contributed by atoms with Crippen LogP contribution in [-0.4, -0.2) is 62.1 Å². The first kappa shape index (κ1) is 24.4. The van der Waals surface area contributed by atoms with Crippen molar-refractivity contribution in [3.8, 4) is 0 Å². The summed E-state index contributed by atoms with van der Waals surface area (Å²) in [6.07, 6.45) is 3.54. The molecule has 6 nitrogen and oxygen atoms in total. The maximum atomic E-state index is 11.8. The fraction of sp³-hybridized carbons (Fsp3) is 0.889. The zero-order chi connectivity index (χ0) is 18.0. The molecule has 1 aliphatic rings. The summed E-state index contributed by atoms with van der Waals surface area (Å²) in [5.41, 5.74) is -0.348. The molecular weight excluding hydrogens is 429 g/mol. The Bertz CT molecular complexity index is 401. The summed E-state index contributed by atoms with van der Waals surface area (Å²) >= 11 is 0. The van der Waals surface area contributed by atoms with Crippen molar-refractivity contribution in [1.82, 2.24) is 20.9 Å². The molecule has 0 aliphatic carbocycles. The van der Waals surface area contributed by atoms with E-state index in [1.54, 1.807) is 0 Å². The van der Waals surface area contributed by atoms with Crippen molar-refractivity contribution in [2.45, 2.75) is 59.9 Å². The van der Waals surface area contributed by atoms with Crippen LogP contribution in [0, 0.1) is 5.41 Å². The fourth-order valence-corrected chi connectivity index (χ4v) is 2.73. The molecule has 1 saturated heterocycles. The molecule has 0 aromatic carbocycles. The van der Waals surface area contributed by atoms with Crippen molar-refractivity contribution in [3.05, 3.63) is 0 Å². The van der Waals surface area contributed by atoms with Gasteiger partial charge >= 0.3 is 0 Å². The van der Waals surface area contributed by atoms with Gasteiger partial charge in [-0.25, -0.2) is 0 Å². The fourth-order valence-electron chi connectivity index (χ4n) is 2.73. The lowest BCUT2D eigenvalue weighted by Crippen LogP contribution is -2.49. The smallest absolute Gasteiger partial charge is 0.225 e. The first-order chi connectivity index (χ1) is 11.4. The zero-order valence-electron chi connectivity index (χ0n) is 16.7. The Labute approximate surface area is 171 Å². The molecule has 0 aromatic rings. The highest BCUT2D eigenvalue weighted by Gasteiger charge is 2.21. The van der Waals surface area contributed by atoms with Crippen LogP contribution in [0.2, 0.25) is 0 Å². The molecule has 7 heteroatoms. The van der Waals surface area contributed by atoms with Crippen molar-refractivity contribution in [1.29, 1.82) is 0 Å². The molecule has 1 heterocycles. The maximum Gasteiger partial charge on any atom is 0.225 e. The summed E-state index contributed by atoms with van der Waals surface area (Å²) in [6.45, 7) is 15.6. The Kier molecular flexibility index (Phi) is 12.4. The number of aliphatic imine (C=N–C) groups is 1. The van der Waals surface area contributed by atoms with E-state index in [0.29, 0.717) is 19.1 Å². The molecule has 1 amide bonds. The quantitative estimate of drug-likeness (QED) is 0.233. The predicted molar refractivity (Wildman–Crippen MR) is 117 cm³/mol. The van der Waals surface area contributed by atoms with Crippen LogP contribution >= 0.6 is 24.0 Å². The van der Waals surface area contributed by atoms with Crippen LogP contribution in [0.5, 0.6) is 0 Å². The number of likely N-dealkylation sites (tertiary alicyclic amines) is 1. The van der Waals surface area contributed by atoms with E-state index in [9.17, 15) is 4.79 Å². The first-order valence-corrected chi connectivity index (χ1v) is 9.42. The molecule has 1 rings (SSSR count). The van der Waals surface area contributed by atoms with Crippen molar-refractivity contribution in [2.24, 2.45) is 10.4 Å². The molecule has 1 aliphatic heterocycles. The van der Waals surface area contributed by atoms with Gasteiger partial charge < -0.3 is 20.9 Å². The Morgan fingerprint density at radius 1 is 1.16 bits per heavy atom. The van der Waals surface area contributed by atoms with Gasteiger partial charge in [0.2, 0.25) is 5.91 Å². The highest BCUT2D eigenvalue weighted by atomic mass is 127. The third-order valence-corrected chi connectivity index (χ3v) is 4.16. The SMILES string of the molecule is CCCN1CCC(NC(=NCCNC(=O)C(C)(C)C)NCC)CC1.I. The normalized spacial score (nSPS) is 16.9. The minimum Gasteiger partial charge on any atom is -0.357 e. The van der Waals surface area contributed by atoms with Crippen molar-refractivity contribution in [2.75, 3.05) is 39.3 Å². The molecule has 0 aromatic heterocycles. The molecule has 0 unspecified atom stereocenters. The zero-order valence-corrected chi connectivity index (χ0v) is 19.0. The van der Waals surface area contributed by atoms with Gasteiger partial charge in [0.25, 0.3) is 0 Å². The molecule has 25 heavy (non-hydrogen) atoms. The number of carbonyl (C=O) groups is 1. The second-order valence-corrected chi connectivity index (χ2v) is 7.53. The van der Waals surface area contributed by atoms with Crippen LogP contribution in [0.1, 0.15) is 53.9 Å². The molecule has 0 spiro atoms. The highest BCUT2D eigenvalue weighted by molar-refractivity contribution is 14.0. The number of hydrogen-bond donors (Lipinski definition) is 3. The van der Waals surface area contributed by atoms with Crippen LogP contribution in [0.15, 0.2) is 4.99 Å². The lowest BCUT2D eigenvalue weighted by Gasteiger charge is -2.32. The van der Waals surface area contributed by atoms with Crippen molar-refractivity contribution in [3.63, 3.8) is 0 Å². The highest BCUT2D eigenvalue weighted by Crippen LogP contribution is 2.12. The van der Waals surface area contributed by atoms with Gasteiger partial charge in [0.1, 0.15) is 0 Å². The molecule has 0 saturated carbocycles. The monoisotopic (exact) mass is 467 g/mol. The average molecular weight is 467 g/mol. The first-order valence-electron chi connectivity index (χ1n) is 9.42. The predicted octanol–water partition coefficient (Wildman–Crippen LogP) is 2.20. The third-order valence-electron chi connectivity index (χ3n) is 4.16. The van der Waals surface area contributed by atoms with Gasteiger partial charge in [-0.1, -0.05) is 27.7 Å². The number of hydrogen-bond acceptors (Lipinski definition) is 3. The summed E-state index contributed by atoms with van der Waals surface area (Å²) in [7, 11) is 0. The number of rotatable bonds is 7. The van der Waals surface area contributed by atoms with Crippen LogP contribution in [0.4, 0.5) is 0 Å². The third kappa shape index (κ3) is 10.2. The van der Waals surface area contributed by atoms with Gasteiger partial charge in [-0.3, -0.25) is 9.79 Å². The summed E-state index contributed by atoms with van der Waals surface area (Å²) in [4.78, 5) is 19.0. The van der Waals surface area contributed by atoms with E-state index in [4.69, 9.17) is 0 Å². The summed E-state index contributed by atoms with van der Waals surface area (Å²) in [5, 5.41) is 9.77. The Morgan fingerprint density at radius 2 is 1.80 bits per heavy atom. The molecule has 0 radical (unpaired) electrons. The Hall–Kier alpha value is -0.570. The number of guanidine groups is 1.